The highest BCUT2D eigenvalue weighted by atomic mass is 16.6. The van der Waals surface area contributed by atoms with Gasteiger partial charge in [0, 0.05) is 29.8 Å². The second-order valence-electron chi connectivity index (χ2n) is 5.57. The Kier molecular flexibility index (Phi) is 7.02. The zero-order chi connectivity index (χ0) is 20.7. The molecule has 0 aliphatic carbocycles. The van der Waals surface area contributed by atoms with Gasteiger partial charge in [-0.25, -0.2) is 0 Å². The van der Waals surface area contributed by atoms with Gasteiger partial charge in [0.1, 0.15) is 5.75 Å². The summed E-state index contributed by atoms with van der Waals surface area (Å²) in [7, 11) is 4.52. The first-order chi connectivity index (χ1) is 13.4. The number of nitrogens with zero attached hydrogens (tertiary/aromatic N) is 1. The van der Waals surface area contributed by atoms with E-state index in [1.54, 1.807) is 19.1 Å². The molecule has 0 aliphatic heterocycles. The summed E-state index contributed by atoms with van der Waals surface area (Å²) in [5.74, 6) is 1.14. The molecule has 150 valence electrons. The molecule has 0 saturated heterocycles. The van der Waals surface area contributed by atoms with Crippen LogP contribution in [0.15, 0.2) is 30.3 Å². The monoisotopic (exact) mass is 390 g/mol. The maximum Gasteiger partial charge on any atom is 0.311 e. The van der Waals surface area contributed by atoms with Gasteiger partial charge >= 0.3 is 5.69 Å². The van der Waals surface area contributed by atoms with Gasteiger partial charge in [-0.15, -0.1) is 0 Å². The molecule has 0 atom stereocenters. The molecule has 0 aromatic heterocycles. The van der Waals surface area contributed by atoms with Gasteiger partial charge in [0.15, 0.2) is 17.2 Å². The fourth-order valence-corrected chi connectivity index (χ4v) is 2.59. The number of rotatable bonds is 9. The predicted octanol–water partition coefficient (Wildman–Crippen LogP) is 2.95. The molecular weight excluding hydrogens is 368 g/mol. The highest BCUT2D eigenvalue weighted by Gasteiger charge is 2.19. The predicted molar refractivity (Wildman–Crippen MR) is 102 cm³/mol. The molecule has 0 saturated carbocycles. The van der Waals surface area contributed by atoms with E-state index in [1.807, 2.05) is 0 Å². The Bertz CT molecular complexity index is 868. The number of nitro groups is 1. The summed E-state index contributed by atoms with van der Waals surface area (Å²) >= 11 is 0. The van der Waals surface area contributed by atoms with E-state index in [-0.39, 0.29) is 30.2 Å². The van der Waals surface area contributed by atoms with E-state index in [2.05, 4.69) is 5.32 Å². The second kappa shape index (κ2) is 9.45. The third-order valence-electron chi connectivity index (χ3n) is 3.94. The van der Waals surface area contributed by atoms with Crippen LogP contribution in [0.2, 0.25) is 0 Å². The van der Waals surface area contributed by atoms with Crippen LogP contribution in [-0.2, 0) is 6.54 Å². The lowest BCUT2D eigenvalue weighted by atomic mass is 10.1. The minimum absolute atomic E-state index is 0.116. The van der Waals surface area contributed by atoms with Crippen molar-refractivity contribution in [3.8, 4) is 23.0 Å². The first-order valence-electron chi connectivity index (χ1n) is 8.43. The Morgan fingerprint density at radius 3 is 2.21 bits per heavy atom. The zero-order valence-corrected chi connectivity index (χ0v) is 16.1. The maximum absolute atomic E-state index is 12.5. The minimum Gasteiger partial charge on any atom is -0.496 e. The molecule has 1 N–H and O–H groups in total. The van der Waals surface area contributed by atoms with Crippen LogP contribution < -0.4 is 24.3 Å². The summed E-state index contributed by atoms with van der Waals surface area (Å²) in [6.45, 7) is 2.13. The lowest BCUT2D eigenvalue weighted by Gasteiger charge is -2.14. The molecular formula is C19H22N2O7. The quantitative estimate of drug-likeness (QED) is 0.518. The highest BCUT2D eigenvalue weighted by molar-refractivity contribution is 5.95. The molecule has 9 nitrogen and oxygen atoms in total. The summed E-state index contributed by atoms with van der Waals surface area (Å²) in [5.41, 5.74) is 0.543. The number of nitro benzene ring substituents is 1. The topological polar surface area (TPSA) is 109 Å². The van der Waals surface area contributed by atoms with Gasteiger partial charge in [-0.2, -0.15) is 0 Å². The Morgan fingerprint density at radius 1 is 1.00 bits per heavy atom. The number of benzene rings is 2. The lowest BCUT2D eigenvalue weighted by molar-refractivity contribution is -0.385. The molecule has 0 heterocycles. The molecule has 0 bridgehead atoms. The van der Waals surface area contributed by atoms with Crippen LogP contribution in [0.5, 0.6) is 23.0 Å². The number of hydrogen-bond acceptors (Lipinski definition) is 7. The van der Waals surface area contributed by atoms with E-state index in [1.165, 1.54) is 39.5 Å². The van der Waals surface area contributed by atoms with Gasteiger partial charge in [-0.1, -0.05) is 0 Å². The van der Waals surface area contributed by atoms with Gasteiger partial charge < -0.3 is 24.3 Å². The molecule has 0 aliphatic rings. The van der Waals surface area contributed by atoms with Crippen LogP contribution in [0, 0.1) is 10.1 Å². The largest absolute Gasteiger partial charge is 0.496 e. The van der Waals surface area contributed by atoms with Gasteiger partial charge in [0.05, 0.1) is 32.9 Å². The van der Waals surface area contributed by atoms with E-state index in [0.717, 1.165) is 0 Å². The molecule has 2 aromatic carbocycles. The molecule has 9 heteroatoms. The van der Waals surface area contributed by atoms with Gasteiger partial charge in [0.2, 0.25) is 0 Å². The van der Waals surface area contributed by atoms with Crippen LogP contribution in [-0.4, -0.2) is 38.8 Å². The van der Waals surface area contributed by atoms with Crippen molar-refractivity contribution in [1.29, 1.82) is 0 Å². The first kappa shape index (κ1) is 20.8. The third-order valence-corrected chi connectivity index (χ3v) is 3.94. The Balaban J connectivity index is 2.22. The van der Waals surface area contributed by atoms with Crippen LogP contribution >= 0.6 is 0 Å². The van der Waals surface area contributed by atoms with E-state index < -0.39 is 10.8 Å². The Hall–Kier alpha value is -3.49. The number of carbonyl (C=O) groups is 1. The smallest absolute Gasteiger partial charge is 0.311 e. The number of hydrogen-bond donors (Lipinski definition) is 1. The van der Waals surface area contributed by atoms with Gasteiger partial charge in [0.25, 0.3) is 5.91 Å². The maximum atomic E-state index is 12.5. The molecule has 28 heavy (non-hydrogen) atoms. The fourth-order valence-electron chi connectivity index (χ4n) is 2.59. The average Bonchev–Trinajstić information content (AvgIpc) is 2.71. The third kappa shape index (κ3) is 4.61. The second-order valence-corrected chi connectivity index (χ2v) is 5.57. The summed E-state index contributed by atoms with van der Waals surface area (Å²) in [5, 5.41) is 13.9. The SMILES string of the molecule is CCOc1ccc(C(=O)NCc2cc(OC)c(OC)cc2OC)cc1[N+](=O)[O-]. The minimum atomic E-state index is -0.584. The van der Waals surface area contributed by atoms with Crippen LogP contribution in [0.1, 0.15) is 22.8 Å². The zero-order valence-electron chi connectivity index (χ0n) is 16.1. The Labute approximate surface area is 162 Å². The van der Waals surface area contributed by atoms with Crippen molar-refractivity contribution in [2.75, 3.05) is 27.9 Å². The molecule has 1 amide bonds. The van der Waals surface area contributed by atoms with Crippen molar-refractivity contribution in [1.82, 2.24) is 5.32 Å². The van der Waals surface area contributed by atoms with Crippen molar-refractivity contribution in [3.63, 3.8) is 0 Å². The summed E-state index contributed by atoms with van der Waals surface area (Å²) < 4.78 is 21.0. The molecule has 0 spiro atoms. The summed E-state index contributed by atoms with van der Waals surface area (Å²) in [6.07, 6.45) is 0. The molecule has 0 fully saturated rings. The Morgan fingerprint density at radius 2 is 1.64 bits per heavy atom. The fraction of sp³-hybridized carbons (Fsp3) is 0.316. The average molecular weight is 390 g/mol. The first-order valence-corrected chi connectivity index (χ1v) is 8.43. The molecule has 0 radical (unpaired) electrons. The van der Waals surface area contributed by atoms with Crippen LogP contribution in [0.3, 0.4) is 0 Å². The van der Waals surface area contributed by atoms with E-state index in [9.17, 15) is 14.9 Å². The molecule has 0 unspecified atom stereocenters. The van der Waals surface area contributed by atoms with Gasteiger partial charge in [-0.05, 0) is 25.1 Å². The van der Waals surface area contributed by atoms with Crippen LogP contribution in [0.25, 0.3) is 0 Å². The summed E-state index contributed by atoms with van der Waals surface area (Å²) in [6, 6.07) is 7.42. The number of nitrogens with one attached hydrogen (secondary N) is 1. The molecule has 2 rings (SSSR count). The number of carbonyl (C=O) groups excluding carboxylic acids is 1. The van der Waals surface area contributed by atoms with Crippen molar-refractivity contribution >= 4 is 11.6 Å². The van der Waals surface area contributed by atoms with E-state index >= 15 is 0 Å². The number of ether oxygens (including phenoxy) is 4. The van der Waals surface area contributed by atoms with Crippen molar-refractivity contribution < 1.29 is 28.7 Å². The van der Waals surface area contributed by atoms with Crippen molar-refractivity contribution in [2.24, 2.45) is 0 Å². The van der Waals surface area contributed by atoms with Crippen molar-refractivity contribution in [2.45, 2.75) is 13.5 Å². The normalized spacial score (nSPS) is 10.1. The van der Waals surface area contributed by atoms with E-state index in [0.29, 0.717) is 22.8 Å². The lowest BCUT2D eigenvalue weighted by Crippen LogP contribution is -2.23. The highest BCUT2D eigenvalue weighted by Crippen LogP contribution is 2.34. The number of amides is 1. The van der Waals surface area contributed by atoms with Crippen LogP contribution in [0.4, 0.5) is 5.69 Å². The summed E-state index contributed by atoms with van der Waals surface area (Å²) in [4.78, 5) is 23.1. The van der Waals surface area contributed by atoms with Crippen molar-refractivity contribution in [3.05, 3.63) is 51.6 Å². The van der Waals surface area contributed by atoms with E-state index in [4.69, 9.17) is 18.9 Å². The molecule has 2 aromatic rings. The standard InChI is InChI=1S/C19H22N2O7/c1-5-28-15-7-6-12(8-14(15)21(23)24)19(22)20-11-13-9-17(26-3)18(27-4)10-16(13)25-2/h6-10H,5,11H2,1-4H3,(H,20,22). The van der Waals surface area contributed by atoms with Gasteiger partial charge in [-0.3, -0.25) is 14.9 Å². The number of methoxy groups -OCH3 is 3.